The number of hydrogen-bond acceptors (Lipinski definition) is 1. The summed E-state index contributed by atoms with van der Waals surface area (Å²) in [4.78, 5) is 0. The molecule has 1 nitrogen and oxygen atoms in total. The van der Waals surface area contributed by atoms with Gasteiger partial charge in [0.2, 0.25) is 0 Å². The van der Waals surface area contributed by atoms with E-state index in [4.69, 9.17) is 5.11 Å². The molecule has 0 saturated heterocycles. The second-order valence-corrected chi connectivity index (χ2v) is 2.22. The molecule has 1 saturated carbocycles. The topological polar surface area (TPSA) is 20.2 Å². The third-order valence-electron chi connectivity index (χ3n) is 1.64. The minimum atomic E-state index is 0.153. The van der Waals surface area contributed by atoms with Gasteiger partial charge in [0.15, 0.2) is 0 Å². The van der Waals surface area contributed by atoms with Crippen LogP contribution in [-0.4, -0.2) is 11.7 Å². The summed E-state index contributed by atoms with van der Waals surface area (Å²) in [5, 5.41) is 8.59. The second kappa shape index (κ2) is 1.34. The van der Waals surface area contributed by atoms with E-state index in [1.165, 1.54) is 0 Å². The van der Waals surface area contributed by atoms with Crippen LogP contribution in [0.2, 0.25) is 0 Å². The lowest BCUT2D eigenvalue weighted by Crippen LogP contribution is -1.99. The average Bonchev–Trinajstić information content (AvgIpc) is 2.46. The lowest BCUT2D eigenvalue weighted by molar-refractivity contribution is 0.242. The zero-order valence-electron chi connectivity index (χ0n) is 4.35. The Morgan fingerprint density at radius 2 is 2.29 bits per heavy atom. The minimum Gasteiger partial charge on any atom is -0.395 e. The highest BCUT2D eigenvalue weighted by atomic mass is 16.3. The first-order valence-electron chi connectivity index (χ1n) is 2.57. The second-order valence-electron chi connectivity index (χ2n) is 2.22. The Balaban J connectivity index is 2.42. The molecule has 0 aromatic heterocycles. The van der Waals surface area contributed by atoms with Gasteiger partial charge in [-0.1, -0.05) is 6.08 Å². The standard InChI is InChI=1S/C6H10O/c1-2-6(5-7)3-4-6/h2,7H,1,3-5H2. The van der Waals surface area contributed by atoms with Crippen LogP contribution in [0.25, 0.3) is 0 Å². The summed E-state index contributed by atoms with van der Waals surface area (Å²) in [6.45, 7) is 3.89. The molecule has 1 heteroatoms. The zero-order valence-corrected chi connectivity index (χ0v) is 4.35. The van der Waals surface area contributed by atoms with Crippen molar-refractivity contribution < 1.29 is 5.11 Å². The number of rotatable bonds is 2. The minimum absolute atomic E-state index is 0.153. The zero-order chi connectivity index (χ0) is 5.33. The van der Waals surface area contributed by atoms with E-state index >= 15 is 0 Å². The van der Waals surface area contributed by atoms with Crippen molar-refractivity contribution in [3.63, 3.8) is 0 Å². The van der Waals surface area contributed by atoms with E-state index in [-0.39, 0.29) is 12.0 Å². The van der Waals surface area contributed by atoms with Gasteiger partial charge in [-0.2, -0.15) is 0 Å². The van der Waals surface area contributed by atoms with Crippen molar-refractivity contribution in [2.45, 2.75) is 12.8 Å². The lowest BCUT2D eigenvalue weighted by Gasteiger charge is -1.99. The van der Waals surface area contributed by atoms with E-state index in [1.54, 1.807) is 0 Å². The maximum atomic E-state index is 8.59. The van der Waals surface area contributed by atoms with Crippen LogP contribution in [0.4, 0.5) is 0 Å². The Bertz CT molecular complexity index is 82.2. The van der Waals surface area contributed by atoms with E-state index in [2.05, 4.69) is 6.58 Å². The predicted molar refractivity (Wildman–Crippen MR) is 28.9 cm³/mol. The molecule has 1 aliphatic rings. The Kier molecular flexibility index (Phi) is 0.927. The van der Waals surface area contributed by atoms with Gasteiger partial charge in [0.1, 0.15) is 0 Å². The third-order valence-corrected chi connectivity index (χ3v) is 1.64. The summed E-state index contributed by atoms with van der Waals surface area (Å²) in [6, 6.07) is 0. The third kappa shape index (κ3) is 0.682. The van der Waals surface area contributed by atoms with Crippen LogP contribution in [0.15, 0.2) is 12.7 Å². The van der Waals surface area contributed by atoms with E-state index in [0.29, 0.717) is 0 Å². The van der Waals surface area contributed by atoms with Gasteiger partial charge in [-0.25, -0.2) is 0 Å². The molecule has 0 amide bonds. The first-order valence-corrected chi connectivity index (χ1v) is 2.57. The van der Waals surface area contributed by atoms with Gasteiger partial charge in [-0.3, -0.25) is 0 Å². The highest BCUT2D eigenvalue weighted by Crippen LogP contribution is 2.45. The largest absolute Gasteiger partial charge is 0.395 e. The molecule has 0 bridgehead atoms. The van der Waals surface area contributed by atoms with Gasteiger partial charge in [-0.05, 0) is 12.8 Å². The predicted octanol–water partition coefficient (Wildman–Crippen LogP) is 0.945. The van der Waals surface area contributed by atoms with Gasteiger partial charge in [0, 0.05) is 5.41 Å². The van der Waals surface area contributed by atoms with E-state index in [9.17, 15) is 0 Å². The first-order chi connectivity index (χ1) is 3.33. The van der Waals surface area contributed by atoms with Crippen molar-refractivity contribution in [2.75, 3.05) is 6.61 Å². The molecule has 1 rings (SSSR count). The van der Waals surface area contributed by atoms with Crippen LogP contribution in [-0.2, 0) is 0 Å². The van der Waals surface area contributed by atoms with E-state index in [0.717, 1.165) is 12.8 Å². The van der Waals surface area contributed by atoms with Crippen molar-refractivity contribution >= 4 is 0 Å². The number of aliphatic hydroxyl groups is 1. The summed E-state index contributed by atoms with van der Waals surface area (Å²) in [5.74, 6) is 0. The Labute approximate surface area is 43.7 Å². The molecule has 1 aliphatic carbocycles. The Morgan fingerprint density at radius 1 is 1.71 bits per heavy atom. The molecule has 1 fully saturated rings. The molecule has 0 radical (unpaired) electrons. The molecule has 0 unspecified atom stereocenters. The van der Waals surface area contributed by atoms with E-state index < -0.39 is 0 Å². The van der Waals surface area contributed by atoms with E-state index in [1.807, 2.05) is 6.08 Å². The van der Waals surface area contributed by atoms with Crippen LogP contribution >= 0.6 is 0 Å². The maximum absolute atomic E-state index is 8.59. The number of aliphatic hydroxyl groups excluding tert-OH is 1. The summed E-state index contributed by atoms with van der Waals surface area (Å²) in [7, 11) is 0. The van der Waals surface area contributed by atoms with Crippen LogP contribution in [0.5, 0.6) is 0 Å². The highest BCUT2D eigenvalue weighted by molar-refractivity contribution is 5.05. The van der Waals surface area contributed by atoms with Gasteiger partial charge < -0.3 is 5.11 Å². The molecular formula is C6H10O. The summed E-state index contributed by atoms with van der Waals surface area (Å²) in [5.41, 5.74) is 0.153. The van der Waals surface area contributed by atoms with Crippen molar-refractivity contribution in [1.29, 1.82) is 0 Å². The SMILES string of the molecule is C=CC1(CO)CC1. The highest BCUT2D eigenvalue weighted by Gasteiger charge is 2.38. The Morgan fingerprint density at radius 3 is 2.29 bits per heavy atom. The van der Waals surface area contributed by atoms with Crippen LogP contribution in [0, 0.1) is 5.41 Å². The lowest BCUT2D eigenvalue weighted by atomic mass is 10.1. The van der Waals surface area contributed by atoms with Crippen molar-refractivity contribution in [2.24, 2.45) is 5.41 Å². The fraction of sp³-hybridized carbons (Fsp3) is 0.667. The van der Waals surface area contributed by atoms with Crippen LogP contribution in [0.3, 0.4) is 0 Å². The molecule has 0 aromatic rings. The van der Waals surface area contributed by atoms with Gasteiger partial charge in [-0.15, -0.1) is 6.58 Å². The molecule has 1 N–H and O–H groups in total. The first kappa shape index (κ1) is 4.85. The summed E-state index contributed by atoms with van der Waals surface area (Å²) in [6.07, 6.45) is 4.12. The van der Waals surface area contributed by atoms with Crippen LogP contribution < -0.4 is 0 Å². The molecule has 0 aliphatic heterocycles. The summed E-state index contributed by atoms with van der Waals surface area (Å²) >= 11 is 0. The molecule has 0 spiro atoms. The monoisotopic (exact) mass is 98.1 g/mol. The molecule has 0 aromatic carbocycles. The van der Waals surface area contributed by atoms with Crippen molar-refractivity contribution in [3.8, 4) is 0 Å². The normalized spacial score (nSPS) is 24.1. The molecule has 40 valence electrons. The Hall–Kier alpha value is -0.300. The van der Waals surface area contributed by atoms with Gasteiger partial charge >= 0.3 is 0 Å². The fourth-order valence-electron chi connectivity index (χ4n) is 0.587. The maximum Gasteiger partial charge on any atom is 0.0521 e. The summed E-state index contributed by atoms with van der Waals surface area (Å²) < 4.78 is 0. The average molecular weight is 98.1 g/mol. The fourth-order valence-corrected chi connectivity index (χ4v) is 0.587. The molecule has 0 heterocycles. The van der Waals surface area contributed by atoms with Crippen molar-refractivity contribution in [3.05, 3.63) is 12.7 Å². The molecule has 7 heavy (non-hydrogen) atoms. The van der Waals surface area contributed by atoms with Gasteiger partial charge in [0.05, 0.1) is 6.61 Å². The van der Waals surface area contributed by atoms with Gasteiger partial charge in [0.25, 0.3) is 0 Å². The number of hydrogen-bond donors (Lipinski definition) is 1. The smallest absolute Gasteiger partial charge is 0.0521 e. The molecule has 0 atom stereocenters. The molecular weight excluding hydrogens is 88.1 g/mol. The quantitative estimate of drug-likeness (QED) is 0.510. The van der Waals surface area contributed by atoms with Crippen LogP contribution in [0.1, 0.15) is 12.8 Å². The van der Waals surface area contributed by atoms with Crippen molar-refractivity contribution in [1.82, 2.24) is 0 Å².